The zero-order chi connectivity index (χ0) is 8.97. The van der Waals surface area contributed by atoms with Crippen LogP contribution in [0.25, 0.3) is 0 Å². The van der Waals surface area contributed by atoms with Crippen molar-refractivity contribution in [2.75, 3.05) is 0 Å². The van der Waals surface area contributed by atoms with Crippen LogP contribution in [0, 0.1) is 6.92 Å². The third-order valence-electron chi connectivity index (χ3n) is 1.77. The molecule has 12 heavy (non-hydrogen) atoms. The number of aliphatic hydroxyl groups excluding tert-OH is 1. The van der Waals surface area contributed by atoms with Crippen molar-refractivity contribution in [2.24, 2.45) is 0 Å². The topological polar surface area (TPSA) is 46.0 Å². The summed E-state index contributed by atoms with van der Waals surface area (Å²) in [6.45, 7) is 3.85. The molecule has 1 rings (SSSR count). The molecule has 0 aliphatic rings. The Morgan fingerprint density at radius 3 is 2.67 bits per heavy atom. The highest BCUT2D eigenvalue weighted by Gasteiger charge is 2.03. The first-order chi connectivity index (χ1) is 5.72. The Labute approximate surface area is 72.5 Å². The number of rotatable bonds is 3. The Morgan fingerprint density at radius 2 is 2.17 bits per heavy atom. The molecule has 0 spiro atoms. The van der Waals surface area contributed by atoms with Gasteiger partial charge in [-0.2, -0.15) is 10.2 Å². The fourth-order valence-corrected chi connectivity index (χ4v) is 0.921. The van der Waals surface area contributed by atoms with Crippen molar-refractivity contribution in [3.8, 4) is 0 Å². The molecule has 1 unspecified atom stereocenters. The number of aliphatic hydroxyl groups is 1. The Bertz CT molecular complexity index is 233. The number of hydrogen-bond donors (Lipinski definition) is 1. The predicted molar refractivity (Wildman–Crippen MR) is 46.8 cm³/mol. The normalized spacial score (nSPS) is 12.9. The predicted octanol–water partition coefficient (Wildman–Crippen LogP) is 1.10. The van der Waals surface area contributed by atoms with E-state index in [1.165, 1.54) is 0 Å². The fraction of sp³-hybridized carbons (Fsp3) is 0.556. The first kappa shape index (κ1) is 9.13. The van der Waals surface area contributed by atoms with Gasteiger partial charge in [-0.15, -0.1) is 0 Å². The van der Waals surface area contributed by atoms with Crippen LogP contribution >= 0.6 is 0 Å². The van der Waals surface area contributed by atoms with Crippen LogP contribution < -0.4 is 0 Å². The van der Waals surface area contributed by atoms with Gasteiger partial charge in [-0.1, -0.05) is 6.92 Å². The SMILES string of the molecule is CCC(O)Cc1ccc(C)nn1. The maximum atomic E-state index is 9.31. The molecule has 0 fully saturated rings. The van der Waals surface area contributed by atoms with E-state index >= 15 is 0 Å². The summed E-state index contributed by atoms with van der Waals surface area (Å²) in [5.41, 5.74) is 1.76. The van der Waals surface area contributed by atoms with Gasteiger partial charge in [0, 0.05) is 6.42 Å². The van der Waals surface area contributed by atoms with Crippen molar-refractivity contribution >= 4 is 0 Å². The summed E-state index contributed by atoms with van der Waals surface area (Å²) >= 11 is 0. The summed E-state index contributed by atoms with van der Waals surface area (Å²) in [4.78, 5) is 0. The van der Waals surface area contributed by atoms with E-state index in [2.05, 4.69) is 10.2 Å². The molecule has 3 heteroatoms. The lowest BCUT2D eigenvalue weighted by Crippen LogP contribution is -2.10. The van der Waals surface area contributed by atoms with Crippen LogP contribution in [0.1, 0.15) is 24.7 Å². The van der Waals surface area contributed by atoms with Crippen molar-refractivity contribution in [3.63, 3.8) is 0 Å². The Kier molecular flexibility index (Phi) is 3.17. The van der Waals surface area contributed by atoms with E-state index in [0.29, 0.717) is 6.42 Å². The molecule has 0 bridgehead atoms. The van der Waals surface area contributed by atoms with Gasteiger partial charge < -0.3 is 5.11 Å². The average molecular weight is 166 g/mol. The molecule has 0 aliphatic heterocycles. The van der Waals surface area contributed by atoms with E-state index in [0.717, 1.165) is 17.8 Å². The smallest absolute Gasteiger partial charge is 0.0657 e. The van der Waals surface area contributed by atoms with Crippen LogP contribution in [0.15, 0.2) is 12.1 Å². The number of hydrogen-bond acceptors (Lipinski definition) is 3. The molecular formula is C9H14N2O. The van der Waals surface area contributed by atoms with Gasteiger partial charge >= 0.3 is 0 Å². The van der Waals surface area contributed by atoms with Gasteiger partial charge in [-0.25, -0.2) is 0 Å². The minimum absolute atomic E-state index is 0.290. The average Bonchev–Trinajstić information content (AvgIpc) is 2.09. The second-order valence-corrected chi connectivity index (χ2v) is 2.93. The minimum atomic E-state index is -0.290. The first-order valence-electron chi connectivity index (χ1n) is 4.19. The van der Waals surface area contributed by atoms with Crippen LogP contribution in [-0.2, 0) is 6.42 Å². The van der Waals surface area contributed by atoms with Crippen molar-refractivity contribution in [2.45, 2.75) is 32.8 Å². The van der Waals surface area contributed by atoms with E-state index in [-0.39, 0.29) is 6.10 Å². The van der Waals surface area contributed by atoms with Crippen LogP contribution in [0.3, 0.4) is 0 Å². The molecule has 0 aromatic carbocycles. The van der Waals surface area contributed by atoms with Gasteiger partial charge in [0.05, 0.1) is 17.5 Å². The van der Waals surface area contributed by atoms with Crippen LogP contribution in [0.5, 0.6) is 0 Å². The van der Waals surface area contributed by atoms with E-state index < -0.39 is 0 Å². The highest BCUT2D eigenvalue weighted by molar-refractivity contribution is 5.05. The molecule has 0 radical (unpaired) electrons. The number of nitrogens with zero attached hydrogens (tertiary/aromatic N) is 2. The molecule has 1 heterocycles. The monoisotopic (exact) mass is 166 g/mol. The van der Waals surface area contributed by atoms with Gasteiger partial charge in [0.1, 0.15) is 0 Å². The van der Waals surface area contributed by atoms with E-state index in [1.807, 2.05) is 26.0 Å². The molecule has 66 valence electrons. The van der Waals surface area contributed by atoms with Crippen LogP contribution in [0.4, 0.5) is 0 Å². The molecule has 0 saturated carbocycles. The Hall–Kier alpha value is -0.960. The molecule has 3 nitrogen and oxygen atoms in total. The third kappa shape index (κ3) is 2.58. The van der Waals surface area contributed by atoms with E-state index in [1.54, 1.807) is 0 Å². The molecule has 0 aliphatic carbocycles. The summed E-state index contributed by atoms with van der Waals surface area (Å²) in [6.07, 6.45) is 1.07. The quantitative estimate of drug-likeness (QED) is 0.731. The largest absolute Gasteiger partial charge is 0.393 e. The summed E-state index contributed by atoms with van der Waals surface area (Å²) < 4.78 is 0. The first-order valence-corrected chi connectivity index (χ1v) is 4.19. The minimum Gasteiger partial charge on any atom is -0.393 e. The summed E-state index contributed by atoms with van der Waals surface area (Å²) in [7, 11) is 0. The van der Waals surface area contributed by atoms with Crippen molar-refractivity contribution < 1.29 is 5.11 Å². The molecule has 1 atom stereocenters. The van der Waals surface area contributed by atoms with Gasteiger partial charge in [0.25, 0.3) is 0 Å². The van der Waals surface area contributed by atoms with E-state index in [4.69, 9.17) is 0 Å². The summed E-state index contributed by atoms with van der Waals surface area (Å²) in [5.74, 6) is 0. The third-order valence-corrected chi connectivity index (χ3v) is 1.77. The maximum absolute atomic E-state index is 9.31. The number of aryl methyl sites for hydroxylation is 1. The molecule has 0 saturated heterocycles. The summed E-state index contributed by atoms with van der Waals surface area (Å²) in [5, 5.41) is 17.2. The lowest BCUT2D eigenvalue weighted by Gasteiger charge is -2.05. The van der Waals surface area contributed by atoms with Crippen LogP contribution in [-0.4, -0.2) is 21.4 Å². The zero-order valence-corrected chi connectivity index (χ0v) is 7.49. The van der Waals surface area contributed by atoms with Gasteiger partial charge in [0.2, 0.25) is 0 Å². The lowest BCUT2D eigenvalue weighted by molar-refractivity contribution is 0.169. The zero-order valence-electron chi connectivity index (χ0n) is 7.49. The van der Waals surface area contributed by atoms with Crippen molar-refractivity contribution in [1.29, 1.82) is 0 Å². The van der Waals surface area contributed by atoms with E-state index in [9.17, 15) is 5.11 Å². The highest BCUT2D eigenvalue weighted by Crippen LogP contribution is 2.01. The second kappa shape index (κ2) is 4.16. The Morgan fingerprint density at radius 1 is 1.42 bits per heavy atom. The molecule has 1 aromatic heterocycles. The fourth-order valence-electron chi connectivity index (χ4n) is 0.921. The standard InChI is InChI=1S/C9H14N2O/c1-3-9(12)6-8-5-4-7(2)10-11-8/h4-5,9,12H,3,6H2,1-2H3. The van der Waals surface area contributed by atoms with Crippen LogP contribution in [0.2, 0.25) is 0 Å². The number of aromatic nitrogens is 2. The van der Waals surface area contributed by atoms with Gasteiger partial charge in [0.15, 0.2) is 0 Å². The van der Waals surface area contributed by atoms with Gasteiger partial charge in [-0.3, -0.25) is 0 Å². The van der Waals surface area contributed by atoms with Crippen molar-refractivity contribution in [1.82, 2.24) is 10.2 Å². The lowest BCUT2D eigenvalue weighted by atomic mass is 10.1. The second-order valence-electron chi connectivity index (χ2n) is 2.93. The summed E-state index contributed by atoms with van der Waals surface area (Å²) in [6, 6.07) is 3.81. The molecule has 1 N–H and O–H groups in total. The highest BCUT2D eigenvalue weighted by atomic mass is 16.3. The Balaban J connectivity index is 2.58. The van der Waals surface area contributed by atoms with Gasteiger partial charge in [-0.05, 0) is 25.5 Å². The molecule has 1 aromatic rings. The maximum Gasteiger partial charge on any atom is 0.0657 e. The molecule has 0 amide bonds. The van der Waals surface area contributed by atoms with Crippen molar-refractivity contribution in [3.05, 3.63) is 23.5 Å². The molecular weight excluding hydrogens is 152 g/mol.